The molecule has 0 saturated heterocycles. The fourth-order valence-corrected chi connectivity index (χ4v) is 0. The lowest BCUT2D eigenvalue weighted by Gasteiger charge is -1.93. The monoisotopic (exact) mass is 169 g/mol. The zero-order valence-electron chi connectivity index (χ0n) is 6.20. The second kappa shape index (κ2) is 11.1. The van der Waals surface area contributed by atoms with Crippen LogP contribution in [0, 0.1) is 0 Å². The van der Waals surface area contributed by atoms with Crippen molar-refractivity contribution < 1.29 is 14.7 Å². The van der Waals surface area contributed by atoms with E-state index < -0.39 is 5.97 Å². The molecule has 10 heavy (non-hydrogen) atoms. The number of carboxylic acid groups (broad SMARTS) is 1. The first-order valence-electron chi connectivity index (χ1n) is 2.32. The summed E-state index contributed by atoms with van der Waals surface area (Å²) < 4.78 is 0. The van der Waals surface area contributed by atoms with Gasteiger partial charge in [0.2, 0.25) is 6.41 Å². The molecule has 0 aromatic heterocycles. The van der Waals surface area contributed by atoms with Crippen LogP contribution in [0.15, 0.2) is 0 Å². The van der Waals surface area contributed by atoms with Gasteiger partial charge in [-0.15, -0.1) is 12.4 Å². The predicted octanol–water partition coefficient (Wildman–Crippen LogP) is 0.217. The van der Waals surface area contributed by atoms with E-state index in [2.05, 4.69) is 0 Å². The molecule has 0 atom stereocenters. The van der Waals surface area contributed by atoms with E-state index in [-0.39, 0.29) is 12.4 Å². The lowest BCUT2D eigenvalue weighted by molar-refractivity contribution is -0.134. The van der Waals surface area contributed by atoms with Crippen LogP contribution in [-0.4, -0.2) is 36.5 Å². The standard InChI is InChI=1S/C3H7NO.C2H4O2.ClH/c1-4(2)3-5;1-2(3)4;/h3H,1-2H3;1H3,(H,3,4);1H. The summed E-state index contributed by atoms with van der Waals surface area (Å²) in [6.45, 7) is 1.08. The third-order valence-electron chi connectivity index (χ3n) is 0.211. The number of carbonyl (C=O) groups is 2. The molecule has 0 aliphatic rings. The van der Waals surface area contributed by atoms with Crippen molar-refractivity contribution in [1.29, 1.82) is 0 Å². The molecule has 0 aromatic rings. The second-order valence-electron chi connectivity index (χ2n) is 1.59. The van der Waals surface area contributed by atoms with Crippen molar-refractivity contribution in [3.05, 3.63) is 0 Å². The Morgan fingerprint density at radius 1 is 1.50 bits per heavy atom. The molecule has 0 aliphatic heterocycles. The smallest absolute Gasteiger partial charge is 0.300 e. The molecule has 62 valence electrons. The zero-order chi connectivity index (χ0) is 7.86. The van der Waals surface area contributed by atoms with Crippen LogP contribution >= 0.6 is 12.4 Å². The molecule has 4 nitrogen and oxygen atoms in total. The average Bonchev–Trinajstić information content (AvgIpc) is 1.65. The van der Waals surface area contributed by atoms with E-state index in [4.69, 9.17) is 9.90 Å². The number of nitrogens with zero attached hydrogens (tertiary/aromatic N) is 1. The summed E-state index contributed by atoms with van der Waals surface area (Å²) in [7, 11) is 3.38. The molecule has 0 spiro atoms. The fraction of sp³-hybridized carbons (Fsp3) is 0.600. The maximum Gasteiger partial charge on any atom is 0.300 e. The molecule has 0 bridgehead atoms. The van der Waals surface area contributed by atoms with Gasteiger partial charge in [0.05, 0.1) is 0 Å². The van der Waals surface area contributed by atoms with E-state index >= 15 is 0 Å². The van der Waals surface area contributed by atoms with Gasteiger partial charge >= 0.3 is 0 Å². The Balaban J connectivity index is -0.0000000910. The normalized spacial score (nSPS) is 5.90. The maximum atomic E-state index is 9.43. The van der Waals surface area contributed by atoms with Crippen molar-refractivity contribution in [2.24, 2.45) is 0 Å². The number of carbonyl (C=O) groups excluding carboxylic acids is 1. The van der Waals surface area contributed by atoms with Crippen LogP contribution in [-0.2, 0) is 9.59 Å². The van der Waals surface area contributed by atoms with Gasteiger partial charge in [-0.3, -0.25) is 9.59 Å². The summed E-state index contributed by atoms with van der Waals surface area (Å²) in [5.41, 5.74) is 0. The SMILES string of the molecule is CC(=O)O.CN(C)C=O.Cl. The molecule has 0 heterocycles. The van der Waals surface area contributed by atoms with Crippen molar-refractivity contribution in [3.8, 4) is 0 Å². The molecule has 0 saturated carbocycles. The summed E-state index contributed by atoms with van der Waals surface area (Å²) in [6, 6.07) is 0. The van der Waals surface area contributed by atoms with Crippen LogP contribution in [0.2, 0.25) is 0 Å². The van der Waals surface area contributed by atoms with Gasteiger partial charge in [-0.1, -0.05) is 0 Å². The van der Waals surface area contributed by atoms with Gasteiger partial charge in [0, 0.05) is 21.0 Å². The Kier molecular flexibility index (Phi) is 17.9. The van der Waals surface area contributed by atoms with Crippen molar-refractivity contribution >= 4 is 24.8 Å². The highest BCUT2D eigenvalue weighted by atomic mass is 35.5. The number of amides is 1. The van der Waals surface area contributed by atoms with Gasteiger partial charge < -0.3 is 10.0 Å². The molecule has 0 fully saturated rings. The lowest BCUT2D eigenvalue weighted by atomic mass is 10.9. The number of halogens is 1. The summed E-state index contributed by atoms with van der Waals surface area (Å²) in [4.78, 5) is 19.9. The average molecular weight is 170 g/mol. The lowest BCUT2D eigenvalue weighted by Crippen LogP contribution is -2.06. The Morgan fingerprint density at radius 2 is 1.60 bits per heavy atom. The van der Waals surface area contributed by atoms with E-state index in [1.165, 1.54) is 4.90 Å². The van der Waals surface area contributed by atoms with Gasteiger partial charge in [-0.05, 0) is 0 Å². The van der Waals surface area contributed by atoms with Gasteiger partial charge in [0.1, 0.15) is 0 Å². The third-order valence-corrected chi connectivity index (χ3v) is 0.211. The van der Waals surface area contributed by atoms with Crippen molar-refractivity contribution in [3.63, 3.8) is 0 Å². The zero-order valence-corrected chi connectivity index (χ0v) is 7.01. The first-order chi connectivity index (χ1) is 4.00. The van der Waals surface area contributed by atoms with Crippen LogP contribution in [0.1, 0.15) is 6.92 Å². The Hall–Kier alpha value is -0.770. The summed E-state index contributed by atoms with van der Waals surface area (Å²) >= 11 is 0. The fourth-order valence-electron chi connectivity index (χ4n) is 0. The summed E-state index contributed by atoms with van der Waals surface area (Å²) in [5.74, 6) is -0.833. The molecular formula is C5H12ClNO3. The Bertz CT molecular complexity index is 90.9. The molecule has 0 aliphatic carbocycles. The third kappa shape index (κ3) is 185. The van der Waals surface area contributed by atoms with Crippen LogP contribution in [0.5, 0.6) is 0 Å². The number of hydrogen-bond acceptors (Lipinski definition) is 2. The molecular weight excluding hydrogens is 158 g/mol. The Labute approximate surface area is 66.2 Å². The minimum absolute atomic E-state index is 0. The molecule has 1 N–H and O–H groups in total. The maximum absolute atomic E-state index is 9.43. The van der Waals surface area contributed by atoms with Crippen molar-refractivity contribution in [2.75, 3.05) is 14.1 Å². The van der Waals surface area contributed by atoms with Gasteiger partial charge in [-0.25, -0.2) is 0 Å². The molecule has 0 unspecified atom stereocenters. The minimum atomic E-state index is -0.833. The molecule has 0 aromatic carbocycles. The van der Waals surface area contributed by atoms with Crippen molar-refractivity contribution in [1.82, 2.24) is 4.90 Å². The largest absolute Gasteiger partial charge is 0.481 e. The van der Waals surface area contributed by atoms with Crippen molar-refractivity contribution in [2.45, 2.75) is 6.92 Å². The molecule has 1 amide bonds. The quantitative estimate of drug-likeness (QED) is 0.572. The molecule has 0 radical (unpaired) electrons. The van der Waals surface area contributed by atoms with Crippen LogP contribution in [0.4, 0.5) is 0 Å². The molecule has 0 rings (SSSR count). The number of rotatable bonds is 1. The predicted molar refractivity (Wildman–Crippen MR) is 40.3 cm³/mol. The van der Waals surface area contributed by atoms with Gasteiger partial charge in [0.15, 0.2) is 0 Å². The number of aliphatic carboxylic acids is 1. The van der Waals surface area contributed by atoms with E-state index in [9.17, 15) is 4.79 Å². The highest BCUT2D eigenvalue weighted by Crippen LogP contribution is 1.52. The first-order valence-corrected chi connectivity index (χ1v) is 2.32. The number of hydrogen-bond donors (Lipinski definition) is 1. The second-order valence-corrected chi connectivity index (χ2v) is 1.59. The van der Waals surface area contributed by atoms with Crippen LogP contribution in [0.3, 0.4) is 0 Å². The van der Waals surface area contributed by atoms with E-state index in [1.807, 2.05) is 0 Å². The van der Waals surface area contributed by atoms with E-state index in [0.717, 1.165) is 13.3 Å². The summed E-state index contributed by atoms with van der Waals surface area (Å²) in [6.07, 6.45) is 0.750. The van der Waals surface area contributed by atoms with E-state index in [1.54, 1.807) is 14.1 Å². The minimum Gasteiger partial charge on any atom is -0.481 e. The van der Waals surface area contributed by atoms with Gasteiger partial charge in [-0.2, -0.15) is 0 Å². The molecule has 5 heteroatoms. The highest BCUT2D eigenvalue weighted by Gasteiger charge is 1.68. The topological polar surface area (TPSA) is 57.6 Å². The number of carboxylic acids is 1. The first kappa shape index (κ1) is 16.1. The van der Waals surface area contributed by atoms with Crippen LogP contribution in [0.25, 0.3) is 0 Å². The Morgan fingerprint density at radius 3 is 1.60 bits per heavy atom. The van der Waals surface area contributed by atoms with E-state index in [0.29, 0.717) is 0 Å². The van der Waals surface area contributed by atoms with Gasteiger partial charge in [0.25, 0.3) is 5.97 Å². The highest BCUT2D eigenvalue weighted by molar-refractivity contribution is 5.85. The summed E-state index contributed by atoms with van der Waals surface area (Å²) in [5, 5.41) is 7.42. The van der Waals surface area contributed by atoms with Crippen LogP contribution < -0.4 is 0 Å².